The first-order chi connectivity index (χ1) is 9.96. The van der Waals surface area contributed by atoms with Crippen LogP contribution in [0.1, 0.15) is 5.56 Å². The van der Waals surface area contributed by atoms with Crippen LogP contribution in [-0.2, 0) is 13.1 Å². The number of aromatic nitrogens is 2. The summed E-state index contributed by atoms with van der Waals surface area (Å²) in [7, 11) is 0. The summed E-state index contributed by atoms with van der Waals surface area (Å²) in [6, 6.07) is 5.62. The number of aliphatic hydroxyl groups excluding tert-OH is 1. The molecule has 8 heteroatoms. The number of halogens is 3. The molecule has 114 valence electrons. The van der Waals surface area contributed by atoms with Crippen molar-refractivity contribution in [2.24, 2.45) is 0 Å². The molecule has 1 aromatic carbocycles. The summed E-state index contributed by atoms with van der Waals surface area (Å²) in [5.41, 5.74) is 1.57. The molecule has 0 aliphatic heterocycles. The van der Waals surface area contributed by atoms with E-state index in [9.17, 15) is 13.2 Å². The van der Waals surface area contributed by atoms with Crippen molar-refractivity contribution in [1.82, 2.24) is 9.78 Å². The van der Waals surface area contributed by atoms with Crippen molar-refractivity contribution in [2.75, 3.05) is 11.9 Å². The molecular weight excluding hydrogens is 287 g/mol. The monoisotopic (exact) mass is 301 g/mol. The van der Waals surface area contributed by atoms with Crippen LogP contribution in [0.5, 0.6) is 5.75 Å². The van der Waals surface area contributed by atoms with Crippen LogP contribution >= 0.6 is 0 Å². The Bertz CT molecular complexity index is 567. The first-order valence-corrected chi connectivity index (χ1v) is 6.18. The molecule has 0 atom stereocenters. The summed E-state index contributed by atoms with van der Waals surface area (Å²) in [5.74, 6) is -0.248. The van der Waals surface area contributed by atoms with E-state index in [1.165, 1.54) is 12.1 Å². The smallest absolute Gasteiger partial charge is 0.406 e. The lowest BCUT2D eigenvalue weighted by Crippen LogP contribution is -2.17. The van der Waals surface area contributed by atoms with Crippen molar-refractivity contribution in [1.29, 1.82) is 0 Å². The van der Waals surface area contributed by atoms with Gasteiger partial charge in [-0.3, -0.25) is 4.68 Å². The number of hydrogen-bond donors (Lipinski definition) is 2. The Morgan fingerprint density at radius 3 is 2.57 bits per heavy atom. The molecule has 2 N–H and O–H groups in total. The van der Waals surface area contributed by atoms with Gasteiger partial charge >= 0.3 is 6.36 Å². The van der Waals surface area contributed by atoms with E-state index < -0.39 is 6.36 Å². The van der Waals surface area contributed by atoms with Crippen LogP contribution in [-0.4, -0.2) is 27.9 Å². The standard InChI is InChI=1S/C13H14F3N3O2/c14-13(15,16)21-12-3-1-10(2-4-12)7-17-11-8-18-19(9-11)5-6-20/h1-4,8-9,17,20H,5-7H2. The topological polar surface area (TPSA) is 59.3 Å². The molecule has 1 heterocycles. The Kier molecular flexibility index (Phi) is 4.69. The zero-order valence-corrected chi connectivity index (χ0v) is 11.0. The van der Waals surface area contributed by atoms with Crippen molar-refractivity contribution in [3.8, 4) is 5.75 Å². The zero-order valence-electron chi connectivity index (χ0n) is 11.0. The average Bonchev–Trinajstić information content (AvgIpc) is 2.84. The van der Waals surface area contributed by atoms with Gasteiger partial charge in [-0.15, -0.1) is 13.2 Å². The Labute approximate surface area is 119 Å². The largest absolute Gasteiger partial charge is 0.573 e. The Morgan fingerprint density at radius 2 is 1.95 bits per heavy atom. The number of aliphatic hydroxyl groups is 1. The SMILES string of the molecule is OCCn1cc(NCc2ccc(OC(F)(F)F)cc2)cn1. The fourth-order valence-electron chi connectivity index (χ4n) is 1.69. The number of alkyl halides is 3. The maximum atomic E-state index is 12.0. The van der Waals surface area contributed by atoms with E-state index in [1.54, 1.807) is 29.2 Å². The second-order valence-corrected chi connectivity index (χ2v) is 4.26. The number of nitrogens with one attached hydrogen (secondary N) is 1. The van der Waals surface area contributed by atoms with E-state index in [1.807, 2.05) is 0 Å². The molecule has 0 unspecified atom stereocenters. The predicted octanol–water partition coefficient (Wildman–Crippen LogP) is 2.39. The summed E-state index contributed by atoms with van der Waals surface area (Å²) < 4.78 is 41.4. The van der Waals surface area contributed by atoms with E-state index in [0.29, 0.717) is 13.1 Å². The fourth-order valence-corrected chi connectivity index (χ4v) is 1.69. The van der Waals surface area contributed by atoms with Gasteiger partial charge in [0.25, 0.3) is 0 Å². The Hall–Kier alpha value is -2.22. The van der Waals surface area contributed by atoms with Gasteiger partial charge in [0.2, 0.25) is 0 Å². The third kappa shape index (κ3) is 4.99. The molecule has 0 saturated heterocycles. The van der Waals surface area contributed by atoms with Gasteiger partial charge in [0.1, 0.15) is 5.75 Å². The molecule has 0 spiro atoms. The highest BCUT2D eigenvalue weighted by Crippen LogP contribution is 2.22. The maximum absolute atomic E-state index is 12.0. The zero-order chi connectivity index (χ0) is 15.3. The van der Waals surface area contributed by atoms with Crippen molar-refractivity contribution < 1.29 is 23.0 Å². The fraction of sp³-hybridized carbons (Fsp3) is 0.308. The lowest BCUT2D eigenvalue weighted by atomic mass is 10.2. The van der Waals surface area contributed by atoms with Gasteiger partial charge in [-0.2, -0.15) is 5.10 Å². The van der Waals surface area contributed by atoms with E-state index in [2.05, 4.69) is 15.2 Å². The molecule has 0 aliphatic rings. The third-order valence-electron chi connectivity index (χ3n) is 2.62. The first-order valence-electron chi connectivity index (χ1n) is 6.18. The highest BCUT2D eigenvalue weighted by Gasteiger charge is 2.30. The summed E-state index contributed by atoms with van der Waals surface area (Å²) in [6.45, 7) is 0.851. The number of benzene rings is 1. The molecule has 0 saturated carbocycles. The van der Waals surface area contributed by atoms with Crippen LogP contribution in [0.25, 0.3) is 0 Å². The lowest BCUT2D eigenvalue weighted by molar-refractivity contribution is -0.274. The molecule has 0 aliphatic carbocycles. The average molecular weight is 301 g/mol. The number of anilines is 1. The minimum absolute atomic E-state index is 0.00177. The third-order valence-corrected chi connectivity index (χ3v) is 2.62. The van der Waals surface area contributed by atoms with Gasteiger partial charge in [0.05, 0.1) is 25.0 Å². The molecule has 1 aromatic heterocycles. The number of ether oxygens (including phenoxy) is 1. The minimum Gasteiger partial charge on any atom is -0.406 e. The van der Waals surface area contributed by atoms with Crippen LogP contribution in [0.3, 0.4) is 0 Å². The molecular formula is C13H14F3N3O2. The molecule has 0 amide bonds. The summed E-state index contributed by atoms with van der Waals surface area (Å²) >= 11 is 0. The van der Waals surface area contributed by atoms with Gasteiger partial charge < -0.3 is 15.2 Å². The summed E-state index contributed by atoms with van der Waals surface area (Å²) in [6.07, 6.45) is -1.34. The molecule has 21 heavy (non-hydrogen) atoms. The van der Waals surface area contributed by atoms with Crippen molar-refractivity contribution in [3.05, 3.63) is 42.2 Å². The van der Waals surface area contributed by atoms with E-state index >= 15 is 0 Å². The number of nitrogens with zero attached hydrogens (tertiary/aromatic N) is 2. The predicted molar refractivity (Wildman–Crippen MR) is 69.8 cm³/mol. The molecule has 2 rings (SSSR count). The van der Waals surface area contributed by atoms with E-state index in [-0.39, 0.29) is 12.4 Å². The summed E-state index contributed by atoms with van der Waals surface area (Å²) in [5, 5.41) is 15.9. The second kappa shape index (κ2) is 6.49. The van der Waals surface area contributed by atoms with Crippen LogP contribution in [0.4, 0.5) is 18.9 Å². The van der Waals surface area contributed by atoms with E-state index in [0.717, 1.165) is 11.3 Å². The highest BCUT2D eigenvalue weighted by molar-refractivity contribution is 5.39. The Morgan fingerprint density at radius 1 is 1.24 bits per heavy atom. The molecule has 5 nitrogen and oxygen atoms in total. The number of hydrogen-bond acceptors (Lipinski definition) is 4. The van der Waals surface area contributed by atoms with Crippen molar-refractivity contribution >= 4 is 5.69 Å². The maximum Gasteiger partial charge on any atom is 0.573 e. The van der Waals surface area contributed by atoms with Crippen LogP contribution in [0.2, 0.25) is 0 Å². The quantitative estimate of drug-likeness (QED) is 0.860. The highest BCUT2D eigenvalue weighted by atomic mass is 19.4. The molecule has 0 bridgehead atoms. The van der Waals surface area contributed by atoms with Gasteiger partial charge in [-0.1, -0.05) is 12.1 Å². The van der Waals surface area contributed by atoms with Gasteiger partial charge in [0, 0.05) is 12.7 Å². The van der Waals surface area contributed by atoms with Gasteiger partial charge in [-0.05, 0) is 17.7 Å². The van der Waals surface area contributed by atoms with Crippen molar-refractivity contribution in [2.45, 2.75) is 19.5 Å². The van der Waals surface area contributed by atoms with Crippen LogP contribution in [0.15, 0.2) is 36.7 Å². The van der Waals surface area contributed by atoms with E-state index in [4.69, 9.17) is 5.11 Å². The molecule has 2 aromatic rings. The first kappa shape index (κ1) is 15.2. The molecule has 0 fully saturated rings. The Balaban J connectivity index is 1.88. The second-order valence-electron chi connectivity index (χ2n) is 4.26. The van der Waals surface area contributed by atoms with Crippen LogP contribution in [0, 0.1) is 0 Å². The summed E-state index contributed by atoms with van der Waals surface area (Å²) in [4.78, 5) is 0. The van der Waals surface area contributed by atoms with Crippen LogP contribution < -0.4 is 10.1 Å². The lowest BCUT2D eigenvalue weighted by Gasteiger charge is -2.09. The van der Waals surface area contributed by atoms with Gasteiger partial charge in [0.15, 0.2) is 0 Å². The normalized spacial score (nSPS) is 11.4. The van der Waals surface area contributed by atoms with Gasteiger partial charge in [-0.25, -0.2) is 0 Å². The van der Waals surface area contributed by atoms with Crippen molar-refractivity contribution in [3.63, 3.8) is 0 Å². The number of rotatable bonds is 6. The minimum atomic E-state index is -4.68. The molecule has 0 radical (unpaired) electrons.